The van der Waals surface area contributed by atoms with Crippen LogP contribution < -0.4 is 0 Å². The Kier molecular flexibility index (Phi) is 8.83. The number of ketones is 1. The van der Waals surface area contributed by atoms with Crippen molar-refractivity contribution in [2.75, 3.05) is 41.3 Å². The van der Waals surface area contributed by atoms with Gasteiger partial charge in [-0.3, -0.25) is 4.79 Å². The number of rotatable bonds is 4. The first-order valence-electron chi connectivity index (χ1n) is 6.84. The van der Waals surface area contributed by atoms with Crippen molar-refractivity contribution in [3.8, 4) is 0 Å². The third kappa shape index (κ3) is 6.17. The van der Waals surface area contributed by atoms with Gasteiger partial charge in [0.15, 0.2) is 0 Å². The Morgan fingerprint density at radius 3 is 1.61 bits per heavy atom. The standard InChI is InChI=1S/C14H28N2O.ClH/c1-15(2)10-12-8-6-5-7-9-13(14(12)17)11-16(3)4;/h12-13H,5-11H2,1-4H3;1H. The Labute approximate surface area is 118 Å². The van der Waals surface area contributed by atoms with Gasteiger partial charge in [-0.1, -0.05) is 19.3 Å². The number of Topliss-reactive ketones (excluding diaryl/α,β-unsaturated/α-hetero) is 1. The zero-order valence-corrected chi connectivity index (χ0v) is 13.1. The molecule has 1 aliphatic rings. The fourth-order valence-corrected chi connectivity index (χ4v) is 2.82. The summed E-state index contributed by atoms with van der Waals surface area (Å²) < 4.78 is 0. The van der Waals surface area contributed by atoms with E-state index in [0.29, 0.717) is 5.78 Å². The SMILES string of the molecule is CN(C)CC1CCCCCC(CN(C)C)C1=O.Cl. The van der Waals surface area contributed by atoms with Crippen molar-refractivity contribution in [1.29, 1.82) is 0 Å². The molecular weight excluding hydrogens is 248 g/mol. The van der Waals surface area contributed by atoms with Crippen molar-refractivity contribution in [3.05, 3.63) is 0 Å². The third-order valence-electron chi connectivity index (χ3n) is 3.58. The van der Waals surface area contributed by atoms with E-state index in [1.807, 2.05) is 0 Å². The third-order valence-corrected chi connectivity index (χ3v) is 3.58. The van der Waals surface area contributed by atoms with Crippen molar-refractivity contribution < 1.29 is 4.79 Å². The number of carbonyl (C=O) groups is 1. The minimum absolute atomic E-state index is 0. The molecule has 3 nitrogen and oxygen atoms in total. The molecule has 2 unspecified atom stereocenters. The van der Waals surface area contributed by atoms with Crippen molar-refractivity contribution in [2.45, 2.75) is 32.1 Å². The first-order valence-corrected chi connectivity index (χ1v) is 6.84. The lowest BCUT2D eigenvalue weighted by Crippen LogP contribution is -2.37. The first-order chi connectivity index (χ1) is 8.00. The maximum Gasteiger partial charge on any atom is 0.141 e. The van der Waals surface area contributed by atoms with Gasteiger partial charge in [0.05, 0.1) is 0 Å². The molecule has 18 heavy (non-hydrogen) atoms. The van der Waals surface area contributed by atoms with Gasteiger partial charge in [0.25, 0.3) is 0 Å². The van der Waals surface area contributed by atoms with Gasteiger partial charge < -0.3 is 9.80 Å². The normalized spacial score (nSPS) is 25.8. The molecule has 0 saturated heterocycles. The molecule has 4 heteroatoms. The lowest BCUT2D eigenvalue weighted by Gasteiger charge is -2.28. The van der Waals surface area contributed by atoms with Crippen LogP contribution in [0.1, 0.15) is 32.1 Å². The predicted octanol–water partition coefficient (Wildman–Crippen LogP) is 2.30. The van der Waals surface area contributed by atoms with Crippen LogP contribution in [0, 0.1) is 11.8 Å². The molecule has 0 N–H and O–H groups in total. The molecule has 0 heterocycles. The highest BCUT2D eigenvalue weighted by molar-refractivity contribution is 5.85. The van der Waals surface area contributed by atoms with Gasteiger partial charge in [0.1, 0.15) is 5.78 Å². The molecule has 0 aromatic heterocycles. The molecule has 2 atom stereocenters. The summed E-state index contributed by atoms with van der Waals surface area (Å²) in [5.41, 5.74) is 0. The van der Waals surface area contributed by atoms with E-state index in [1.165, 1.54) is 19.3 Å². The molecule has 0 amide bonds. The molecule has 0 aliphatic heterocycles. The van der Waals surface area contributed by atoms with Crippen LogP contribution in [0.5, 0.6) is 0 Å². The summed E-state index contributed by atoms with van der Waals surface area (Å²) in [6.45, 7) is 1.84. The topological polar surface area (TPSA) is 23.6 Å². The first kappa shape index (κ1) is 17.9. The average molecular weight is 277 g/mol. The Balaban J connectivity index is 0.00000289. The van der Waals surface area contributed by atoms with E-state index >= 15 is 0 Å². The fraction of sp³-hybridized carbons (Fsp3) is 0.929. The van der Waals surface area contributed by atoms with E-state index in [4.69, 9.17) is 0 Å². The summed E-state index contributed by atoms with van der Waals surface area (Å²) in [6, 6.07) is 0. The molecule has 1 aliphatic carbocycles. The lowest BCUT2D eigenvalue weighted by atomic mass is 9.82. The maximum absolute atomic E-state index is 12.5. The van der Waals surface area contributed by atoms with Crippen LogP contribution in [-0.4, -0.2) is 56.9 Å². The Hall–Kier alpha value is -0.120. The number of nitrogens with zero attached hydrogens (tertiary/aromatic N) is 2. The Morgan fingerprint density at radius 1 is 0.889 bits per heavy atom. The van der Waals surface area contributed by atoms with Crippen LogP contribution >= 0.6 is 12.4 Å². The molecule has 0 aromatic carbocycles. The van der Waals surface area contributed by atoms with Crippen molar-refractivity contribution in [1.82, 2.24) is 9.80 Å². The second kappa shape index (κ2) is 8.89. The largest absolute Gasteiger partial charge is 0.309 e. The monoisotopic (exact) mass is 276 g/mol. The van der Waals surface area contributed by atoms with Gasteiger partial charge in [-0.15, -0.1) is 12.4 Å². The van der Waals surface area contributed by atoms with Crippen molar-refractivity contribution in [2.24, 2.45) is 11.8 Å². The number of hydrogen-bond donors (Lipinski definition) is 0. The van der Waals surface area contributed by atoms with Crippen LogP contribution in [0.25, 0.3) is 0 Å². The van der Waals surface area contributed by atoms with E-state index in [1.54, 1.807) is 0 Å². The molecule has 0 aromatic rings. The fourth-order valence-electron chi connectivity index (χ4n) is 2.82. The van der Waals surface area contributed by atoms with Crippen molar-refractivity contribution in [3.63, 3.8) is 0 Å². The quantitative estimate of drug-likeness (QED) is 0.787. The van der Waals surface area contributed by atoms with Crippen LogP contribution in [0.3, 0.4) is 0 Å². The highest BCUT2D eigenvalue weighted by Gasteiger charge is 2.28. The van der Waals surface area contributed by atoms with Gasteiger partial charge in [-0.25, -0.2) is 0 Å². The van der Waals surface area contributed by atoms with E-state index < -0.39 is 0 Å². The zero-order chi connectivity index (χ0) is 12.8. The second-order valence-electron chi connectivity index (χ2n) is 5.96. The van der Waals surface area contributed by atoms with Gasteiger partial charge in [0, 0.05) is 24.9 Å². The van der Waals surface area contributed by atoms with E-state index in [0.717, 1.165) is 25.9 Å². The van der Waals surface area contributed by atoms with Crippen LogP contribution in [0.2, 0.25) is 0 Å². The van der Waals surface area contributed by atoms with E-state index in [-0.39, 0.29) is 24.2 Å². The van der Waals surface area contributed by atoms with Crippen LogP contribution in [-0.2, 0) is 4.79 Å². The summed E-state index contributed by atoms with van der Waals surface area (Å²) in [4.78, 5) is 16.8. The lowest BCUT2D eigenvalue weighted by molar-refractivity contribution is -0.128. The summed E-state index contributed by atoms with van der Waals surface area (Å²) in [7, 11) is 8.25. The summed E-state index contributed by atoms with van der Waals surface area (Å²) in [6.07, 6.45) is 5.90. The molecular formula is C14H29ClN2O. The Bertz CT molecular complexity index is 222. The summed E-state index contributed by atoms with van der Waals surface area (Å²) in [5.74, 6) is 1.03. The molecule has 1 rings (SSSR count). The number of carbonyl (C=O) groups excluding carboxylic acids is 1. The van der Waals surface area contributed by atoms with Gasteiger partial charge in [-0.05, 0) is 41.0 Å². The average Bonchev–Trinajstić information content (AvgIpc) is 2.21. The predicted molar refractivity (Wildman–Crippen MR) is 79.4 cm³/mol. The molecule has 1 saturated carbocycles. The number of hydrogen-bond acceptors (Lipinski definition) is 3. The van der Waals surface area contributed by atoms with E-state index in [2.05, 4.69) is 38.0 Å². The molecule has 0 radical (unpaired) electrons. The maximum atomic E-state index is 12.5. The summed E-state index contributed by atoms with van der Waals surface area (Å²) in [5, 5.41) is 0. The minimum Gasteiger partial charge on any atom is -0.309 e. The highest BCUT2D eigenvalue weighted by Crippen LogP contribution is 2.24. The molecule has 1 fully saturated rings. The van der Waals surface area contributed by atoms with Crippen LogP contribution in [0.4, 0.5) is 0 Å². The van der Waals surface area contributed by atoms with Gasteiger partial charge >= 0.3 is 0 Å². The number of halogens is 1. The molecule has 0 spiro atoms. The Morgan fingerprint density at radius 2 is 1.28 bits per heavy atom. The van der Waals surface area contributed by atoms with E-state index in [9.17, 15) is 4.79 Å². The molecule has 108 valence electrons. The van der Waals surface area contributed by atoms with Crippen molar-refractivity contribution >= 4 is 18.2 Å². The highest BCUT2D eigenvalue weighted by atomic mass is 35.5. The van der Waals surface area contributed by atoms with Gasteiger partial charge in [0.2, 0.25) is 0 Å². The van der Waals surface area contributed by atoms with Crippen LogP contribution in [0.15, 0.2) is 0 Å². The minimum atomic E-state index is 0. The second-order valence-corrected chi connectivity index (χ2v) is 5.96. The smallest absolute Gasteiger partial charge is 0.141 e. The zero-order valence-electron chi connectivity index (χ0n) is 12.3. The molecule has 0 bridgehead atoms. The summed E-state index contributed by atoms with van der Waals surface area (Å²) >= 11 is 0. The van der Waals surface area contributed by atoms with Gasteiger partial charge in [-0.2, -0.15) is 0 Å².